The van der Waals surface area contributed by atoms with Crippen LogP contribution in [-0.2, 0) is 16.1 Å². The van der Waals surface area contributed by atoms with Gasteiger partial charge in [0.1, 0.15) is 11.3 Å². The van der Waals surface area contributed by atoms with Gasteiger partial charge in [0.2, 0.25) is 0 Å². The summed E-state index contributed by atoms with van der Waals surface area (Å²) in [6, 6.07) is 9.27. The van der Waals surface area contributed by atoms with Crippen LogP contribution in [0, 0.1) is 0 Å². The van der Waals surface area contributed by atoms with Gasteiger partial charge in [0.15, 0.2) is 11.5 Å². The van der Waals surface area contributed by atoms with Crippen LogP contribution in [0.1, 0.15) is 31.4 Å². The van der Waals surface area contributed by atoms with Crippen LogP contribution in [0.4, 0.5) is 4.79 Å². The molecule has 1 saturated heterocycles. The van der Waals surface area contributed by atoms with Gasteiger partial charge in [-0.15, -0.1) is 0 Å². The second kappa shape index (κ2) is 10.9. The Morgan fingerprint density at radius 2 is 1.76 bits per heavy atom. The van der Waals surface area contributed by atoms with E-state index in [0.29, 0.717) is 46.6 Å². The van der Waals surface area contributed by atoms with Gasteiger partial charge in [-0.3, -0.25) is 19.8 Å². The molecule has 4 amide bonds. The number of ether oxygens (including phenoxy) is 3. The summed E-state index contributed by atoms with van der Waals surface area (Å²) in [6.45, 7) is 4.77. The first kappa shape index (κ1) is 24.1. The number of barbiturate groups is 1. The van der Waals surface area contributed by atoms with Crippen LogP contribution in [-0.4, -0.2) is 43.1 Å². The molecule has 0 aromatic heterocycles. The number of rotatable bonds is 9. The quantitative estimate of drug-likeness (QED) is 0.434. The van der Waals surface area contributed by atoms with Crippen LogP contribution in [0.25, 0.3) is 6.08 Å². The number of nitrogens with zero attached hydrogens (tertiary/aromatic N) is 1. The van der Waals surface area contributed by atoms with Gasteiger partial charge < -0.3 is 14.2 Å². The van der Waals surface area contributed by atoms with E-state index in [1.807, 2.05) is 13.8 Å². The minimum atomic E-state index is -0.794. The highest BCUT2D eigenvalue weighted by Gasteiger charge is 2.35. The largest absolute Gasteiger partial charge is 0.493 e. The molecule has 33 heavy (non-hydrogen) atoms. The van der Waals surface area contributed by atoms with Gasteiger partial charge in [-0.2, -0.15) is 0 Å². The van der Waals surface area contributed by atoms with Crippen molar-refractivity contribution in [2.75, 3.05) is 20.3 Å². The molecule has 8 nitrogen and oxygen atoms in total. The lowest BCUT2D eigenvalue weighted by atomic mass is 10.1. The zero-order chi connectivity index (χ0) is 24.0. The van der Waals surface area contributed by atoms with E-state index in [1.54, 1.807) is 36.4 Å². The van der Waals surface area contributed by atoms with E-state index in [-0.39, 0.29) is 12.1 Å². The van der Waals surface area contributed by atoms with Crippen LogP contribution in [0.15, 0.2) is 42.0 Å². The van der Waals surface area contributed by atoms with Crippen molar-refractivity contribution in [2.45, 2.75) is 26.8 Å². The van der Waals surface area contributed by atoms with Crippen LogP contribution in [0.3, 0.4) is 0 Å². The number of halogens is 1. The molecule has 0 aliphatic carbocycles. The highest BCUT2D eigenvalue weighted by atomic mass is 35.5. The Morgan fingerprint density at radius 3 is 2.42 bits per heavy atom. The van der Waals surface area contributed by atoms with E-state index in [4.69, 9.17) is 25.8 Å². The predicted octanol–water partition coefficient (Wildman–Crippen LogP) is 4.20. The third-order valence-electron chi connectivity index (χ3n) is 4.78. The fraction of sp³-hybridized carbons (Fsp3) is 0.292. The summed E-state index contributed by atoms with van der Waals surface area (Å²) >= 11 is 6.20. The van der Waals surface area contributed by atoms with Gasteiger partial charge in [0.25, 0.3) is 11.8 Å². The number of hydrogen-bond donors (Lipinski definition) is 1. The van der Waals surface area contributed by atoms with Crippen molar-refractivity contribution in [1.29, 1.82) is 0 Å². The summed E-state index contributed by atoms with van der Waals surface area (Å²) in [7, 11) is 1.51. The lowest BCUT2D eigenvalue weighted by Gasteiger charge is -2.26. The lowest BCUT2D eigenvalue weighted by molar-refractivity contribution is -0.130. The summed E-state index contributed by atoms with van der Waals surface area (Å²) < 4.78 is 16.4. The SMILES string of the molecule is CCCOc1ccc(CN2C(=O)NC(=O)/C(=C\c3ccc(OCC)c(Cl)c3)C2=O)cc1OC. The minimum absolute atomic E-state index is 0.0518. The van der Waals surface area contributed by atoms with Gasteiger partial charge in [-0.25, -0.2) is 4.79 Å². The second-order valence-electron chi connectivity index (χ2n) is 7.17. The molecule has 1 fully saturated rings. The molecule has 0 atom stereocenters. The van der Waals surface area contributed by atoms with Crippen LogP contribution >= 0.6 is 11.6 Å². The molecule has 1 aliphatic rings. The Bertz CT molecular complexity index is 1100. The van der Waals surface area contributed by atoms with Crippen molar-refractivity contribution in [2.24, 2.45) is 0 Å². The molecule has 0 spiro atoms. The zero-order valence-electron chi connectivity index (χ0n) is 18.6. The van der Waals surface area contributed by atoms with E-state index in [0.717, 1.165) is 11.3 Å². The second-order valence-corrected chi connectivity index (χ2v) is 7.57. The van der Waals surface area contributed by atoms with Crippen LogP contribution < -0.4 is 19.5 Å². The number of carbonyl (C=O) groups excluding carboxylic acids is 3. The maximum atomic E-state index is 13.0. The Hall–Kier alpha value is -3.52. The molecule has 3 rings (SSSR count). The Kier molecular flexibility index (Phi) is 7.95. The van der Waals surface area contributed by atoms with E-state index in [1.165, 1.54) is 13.2 Å². The van der Waals surface area contributed by atoms with Gasteiger partial charge in [-0.05, 0) is 54.8 Å². The number of amides is 4. The van der Waals surface area contributed by atoms with Gasteiger partial charge in [0.05, 0.1) is 31.9 Å². The highest BCUT2D eigenvalue weighted by molar-refractivity contribution is 6.33. The van der Waals surface area contributed by atoms with E-state index < -0.39 is 17.8 Å². The smallest absolute Gasteiger partial charge is 0.331 e. The van der Waals surface area contributed by atoms with Crippen molar-refractivity contribution >= 4 is 35.5 Å². The topological polar surface area (TPSA) is 94.2 Å². The third kappa shape index (κ3) is 5.64. The average Bonchev–Trinajstić information content (AvgIpc) is 2.80. The first-order valence-electron chi connectivity index (χ1n) is 10.5. The number of methoxy groups -OCH3 is 1. The average molecular weight is 473 g/mol. The van der Waals surface area contributed by atoms with Crippen molar-refractivity contribution in [3.8, 4) is 17.2 Å². The number of urea groups is 1. The normalized spacial score (nSPS) is 15.0. The van der Waals surface area contributed by atoms with Gasteiger partial charge in [-0.1, -0.05) is 30.7 Å². The molecule has 1 heterocycles. The standard InChI is InChI=1S/C24H25ClN2O6/c1-4-10-33-20-9-7-16(13-21(20)31-3)14-27-23(29)17(22(28)26-24(27)30)11-15-6-8-19(32-5-2)18(25)12-15/h6-9,11-13H,4-5,10,14H2,1-3H3,(H,26,28,30)/b17-11+. The molecule has 0 saturated carbocycles. The zero-order valence-corrected chi connectivity index (χ0v) is 19.4. The first-order chi connectivity index (χ1) is 15.9. The molecule has 1 N–H and O–H groups in total. The van der Waals surface area contributed by atoms with Crippen molar-refractivity contribution in [3.63, 3.8) is 0 Å². The number of benzene rings is 2. The molecule has 1 aliphatic heterocycles. The Balaban J connectivity index is 1.85. The summed E-state index contributed by atoms with van der Waals surface area (Å²) in [6.07, 6.45) is 2.23. The van der Waals surface area contributed by atoms with Crippen molar-refractivity contribution in [1.82, 2.24) is 10.2 Å². The fourth-order valence-electron chi connectivity index (χ4n) is 3.21. The fourth-order valence-corrected chi connectivity index (χ4v) is 3.45. The molecule has 0 radical (unpaired) electrons. The maximum absolute atomic E-state index is 13.0. The van der Waals surface area contributed by atoms with Gasteiger partial charge >= 0.3 is 6.03 Å². The first-order valence-corrected chi connectivity index (χ1v) is 10.9. The Morgan fingerprint density at radius 1 is 1.00 bits per heavy atom. The van der Waals surface area contributed by atoms with E-state index in [2.05, 4.69) is 5.32 Å². The predicted molar refractivity (Wildman–Crippen MR) is 123 cm³/mol. The summed E-state index contributed by atoms with van der Waals surface area (Å²) in [5.74, 6) is 0.0754. The van der Waals surface area contributed by atoms with Crippen molar-refractivity contribution in [3.05, 3.63) is 58.1 Å². The molecule has 9 heteroatoms. The summed E-state index contributed by atoms with van der Waals surface area (Å²) in [4.78, 5) is 38.8. The molecule has 174 valence electrons. The number of imide groups is 2. The Labute approximate surface area is 197 Å². The lowest BCUT2D eigenvalue weighted by Crippen LogP contribution is -2.53. The highest BCUT2D eigenvalue weighted by Crippen LogP contribution is 2.30. The van der Waals surface area contributed by atoms with Crippen molar-refractivity contribution < 1.29 is 28.6 Å². The number of nitrogens with one attached hydrogen (secondary N) is 1. The minimum Gasteiger partial charge on any atom is -0.493 e. The van der Waals surface area contributed by atoms with Crippen LogP contribution in [0.2, 0.25) is 5.02 Å². The van der Waals surface area contributed by atoms with Crippen LogP contribution in [0.5, 0.6) is 17.2 Å². The van der Waals surface area contributed by atoms with E-state index >= 15 is 0 Å². The molecular formula is C24H25ClN2O6. The van der Waals surface area contributed by atoms with E-state index in [9.17, 15) is 14.4 Å². The molecule has 2 aromatic rings. The molecule has 2 aromatic carbocycles. The molecule has 0 unspecified atom stereocenters. The molecular weight excluding hydrogens is 448 g/mol. The molecule has 0 bridgehead atoms. The summed E-state index contributed by atoms with van der Waals surface area (Å²) in [5, 5.41) is 2.56. The third-order valence-corrected chi connectivity index (χ3v) is 5.08. The number of carbonyl (C=O) groups is 3. The van der Waals surface area contributed by atoms with Gasteiger partial charge in [0, 0.05) is 0 Å². The number of hydrogen-bond acceptors (Lipinski definition) is 6. The maximum Gasteiger partial charge on any atom is 0.331 e. The summed E-state index contributed by atoms with van der Waals surface area (Å²) in [5.41, 5.74) is 0.983. The monoisotopic (exact) mass is 472 g/mol.